The number of benzene rings is 1. The Morgan fingerprint density at radius 3 is 2.77 bits per heavy atom. The van der Waals surface area contributed by atoms with Crippen molar-refractivity contribution in [2.45, 2.75) is 37.6 Å². The maximum absolute atomic E-state index is 13.4. The molecule has 1 unspecified atom stereocenters. The normalized spacial score (nSPS) is 19.0. The van der Waals surface area contributed by atoms with Gasteiger partial charge in [0.15, 0.2) is 16.9 Å². The summed E-state index contributed by atoms with van der Waals surface area (Å²) in [6, 6.07) is 6.33. The quantitative estimate of drug-likeness (QED) is 0.299. The van der Waals surface area contributed by atoms with Gasteiger partial charge in [-0.25, -0.2) is 24.3 Å². The maximum Gasteiger partial charge on any atom is 0.245 e. The number of carbonyl (C=O) groups is 2. The van der Waals surface area contributed by atoms with Crippen molar-refractivity contribution in [1.29, 1.82) is 0 Å². The van der Waals surface area contributed by atoms with Gasteiger partial charge in [-0.15, -0.1) is 0 Å². The van der Waals surface area contributed by atoms with Crippen molar-refractivity contribution in [2.75, 3.05) is 5.32 Å². The summed E-state index contributed by atoms with van der Waals surface area (Å²) in [7, 11) is 0. The van der Waals surface area contributed by atoms with Gasteiger partial charge in [0.2, 0.25) is 11.8 Å². The molecule has 6 rings (SSSR count). The van der Waals surface area contributed by atoms with E-state index in [0.29, 0.717) is 33.6 Å². The molecule has 1 aromatic carbocycles. The number of imidazole rings is 1. The van der Waals surface area contributed by atoms with Crippen molar-refractivity contribution >= 4 is 39.2 Å². The van der Waals surface area contributed by atoms with Gasteiger partial charge >= 0.3 is 0 Å². The molecule has 11 heteroatoms. The van der Waals surface area contributed by atoms with Gasteiger partial charge in [-0.1, -0.05) is 12.1 Å². The highest BCUT2D eigenvalue weighted by atomic mass is 79.9. The summed E-state index contributed by atoms with van der Waals surface area (Å²) < 4.78 is 15.5. The number of hydrogen-bond acceptors (Lipinski definition) is 6. The molecule has 1 aliphatic heterocycles. The number of nitrogens with zero attached hydrogens (tertiary/aromatic N) is 5. The lowest BCUT2D eigenvalue weighted by molar-refractivity contribution is -0.133. The molecule has 3 aromatic heterocycles. The number of nitrogens with one attached hydrogen (secondary N) is 2. The van der Waals surface area contributed by atoms with Gasteiger partial charge in [0, 0.05) is 31.1 Å². The summed E-state index contributed by atoms with van der Waals surface area (Å²) in [5.74, 6) is -0.579. The highest BCUT2D eigenvalue weighted by Gasteiger charge is 2.52. The number of hydrogen-bond donors (Lipinski definition) is 2. The number of carbonyl (C=O) groups excluding carboxylic acids is 2. The standard InChI is InChI=1S/C24H19BrFN7O2/c1-24(22(34)28-14-6-7-14)17-18(25)30-19(31-20(17)32-23(24)35)16-11-33-9-8-27-21(33)15(29-16)10-12-2-4-13(26)5-3-12/h2-5,8-9,11,14H,6-7,10H2,1H3,(H,28,34)(H,30,31,32,35). The monoisotopic (exact) mass is 535 g/mol. The van der Waals surface area contributed by atoms with Gasteiger partial charge in [-0.2, -0.15) is 0 Å². The average Bonchev–Trinajstić information content (AvgIpc) is 3.43. The predicted octanol–water partition coefficient (Wildman–Crippen LogP) is 3.17. The number of halogens is 2. The van der Waals surface area contributed by atoms with E-state index in [1.165, 1.54) is 12.1 Å². The molecule has 2 amide bonds. The molecule has 0 spiro atoms. The van der Waals surface area contributed by atoms with Gasteiger partial charge in [0.25, 0.3) is 0 Å². The van der Waals surface area contributed by atoms with Crippen molar-refractivity contribution < 1.29 is 14.0 Å². The van der Waals surface area contributed by atoms with Crippen LogP contribution in [-0.2, 0) is 21.4 Å². The van der Waals surface area contributed by atoms with Gasteiger partial charge in [-0.3, -0.25) is 9.59 Å². The molecule has 2 aliphatic rings. The van der Waals surface area contributed by atoms with Crippen LogP contribution in [0.15, 0.2) is 47.5 Å². The number of amides is 2. The van der Waals surface area contributed by atoms with Crippen molar-refractivity contribution in [1.82, 2.24) is 29.7 Å². The fourth-order valence-electron chi connectivity index (χ4n) is 4.22. The highest BCUT2D eigenvalue weighted by molar-refractivity contribution is 9.10. The lowest BCUT2D eigenvalue weighted by Gasteiger charge is -2.21. The molecule has 9 nitrogen and oxygen atoms in total. The Morgan fingerprint density at radius 2 is 2.03 bits per heavy atom. The Labute approximate surface area is 207 Å². The van der Waals surface area contributed by atoms with E-state index >= 15 is 0 Å². The third-order valence-electron chi connectivity index (χ3n) is 6.38. The Kier molecular flexibility index (Phi) is 4.92. The Hall–Kier alpha value is -3.73. The first-order valence-electron chi connectivity index (χ1n) is 11.1. The second-order valence-electron chi connectivity index (χ2n) is 8.92. The van der Waals surface area contributed by atoms with E-state index < -0.39 is 11.3 Å². The Balaban J connectivity index is 1.41. The topological polar surface area (TPSA) is 114 Å². The fraction of sp³-hybridized carbons (Fsp3) is 0.250. The Morgan fingerprint density at radius 1 is 1.26 bits per heavy atom. The van der Waals surface area contributed by atoms with Crippen LogP contribution in [0.4, 0.5) is 10.2 Å². The molecule has 2 N–H and O–H groups in total. The second kappa shape index (κ2) is 7.91. The van der Waals surface area contributed by atoms with E-state index in [9.17, 15) is 14.0 Å². The summed E-state index contributed by atoms with van der Waals surface area (Å²) in [6.45, 7) is 1.58. The molecular weight excluding hydrogens is 517 g/mol. The first kappa shape index (κ1) is 21.8. The Bertz CT molecular complexity index is 1520. The first-order valence-corrected chi connectivity index (χ1v) is 11.9. The minimum Gasteiger partial charge on any atom is -0.352 e. The summed E-state index contributed by atoms with van der Waals surface area (Å²) in [4.78, 5) is 44.1. The molecule has 35 heavy (non-hydrogen) atoms. The molecule has 4 aromatic rings. The molecule has 176 valence electrons. The average molecular weight is 536 g/mol. The molecule has 1 aliphatic carbocycles. The molecule has 1 fully saturated rings. The summed E-state index contributed by atoms with van der Waals surface area (Å²) >= 11 is 3.46. The van der Waals surface area contributed by atoms with Gasteiger partial charge in [0.1, 0.15) is 21.9 Å². The highest BCUT2D eigenvalue weighted by Crippen LogP contribution is 2.42. The van der Waals surface area contributed by atoms with Crippen LogP contribution in [-0.4, -0.2) is 42.2 Å². The van der Waals surface area contributed by atoms with Gasteiger partial charge in [0.05, 0.1) is 11.3 Å². The third-order valence-corrected chi connectivity index (χ3v) is 6.95. The minimum absolute atomic E-state index is 0.112. The molecule has 0 radical (unpaired) electrons. The molecule has 0 bridgehead atoms. The van der Waals surface area contributed by atoms with E-state index in [4.69, 9.17) is 4.98 Å². The third kappa shape index (κ3) is 3.66. The van der Waals surface area contributed by atoms with E-state index in [1.807, 2.05) is 4.40 Å². The van der Waals surface area contributed by atoms with Gasteiger partial charge < -0.3 is 15.0 Å². The lowest BCUT2D eigenvalue weighted by atomic mass is 9.84. The lowest BCUT2D eigenvalue weighted by Crippen LogP contribution is -2.47. The molecule has 0 saturated heterocycles. The van der Waals surface area contributed by atoms with E-state index in [0.717, 1.165) is 18.4 Å². The zero-order chi connectivity index (χ0) is 24.3. The van der Waals surface area contributed by atoms with Gasteiger partial charge in [-0.05, 0) is 53.4 Å². The van der Waals surface area contributed by atoms with Crippen molar-refractivity contribution in [3.05, 3.63) is 70.1 Å². The zero-order valence-corrected chi connectivity index (χ0v) is 20.1. The molecule has 1 atom stereocenters. The predicted molar refractivity (Wildman–Crippen MR) is 128 cm³/mol. The second-order valence-corrected chi connectivity index (χ2v) is 9.67. The van der Waals surface area contributed by atoms with Crippen LogP contribution in [0.2, 0.25) is 0 Å². The van der Waals surface area contributed by atoms with Crippen LogP contribution in [0.5, 0.6) is 0 Å². The van der Waals surface area contributed by atoms with Crippen molar-refractivity contribution in [3.63, 3.8) is 0 Å². The fourth-order valence-corrected chi connectivity index (χ4v) is 4.97. The van der Waals surface area contributed by atoms with Crippen LogP contribution in [0.1, 0.15) is 36.6 Å². The van der Waals surface area contributed by atoms with E-state index in [1.54, 1.807) is 37.6 Å². The SMILES string of the molecule is CC1(C(=O)NC2CC2)C(=O)Nc2nc(-c3cn4ccnc4c(Cc4ccc(F)cc4)n3)nc(Br)c21. The largest absolute Gasteiger partial charge is 0.352 e. The molecule has 4 heterocycles. The number of anilines is 1. The van der Waals surface area contributed by atoms with Crippen LogP contribution in [0.25, 0.3) is 17.2 Å². The molecular formula is C24H19BrFN7O2. The smallest absolute Gasteiger partial charge is 0.245 e. The van der Waals surface area contributed by atoms with E-state index in [-0.39, 0.29) is 29.4 Å². The number of aromatic nitrogens is 5. The van der Waals surface area contributed by atoms with Crippen LogP contribution in [0, 0.1) is 5.82 Å². The van der Waals surface area contributed by atoms with E-state index in [2.05, 4.69) is 41.5 Å². The summed E-state index contributed by atoms with van der Waals surface area (Å²) in [5.41, 5.74) is 1.63. The maximum atomic E-state index is 13.4. The van der Waals surface area contributed by atoms with Crippen LogP contribution < -0.4 is 10.6 Å². The minimum atomic E-state index is -1.44. The zero-order valence-electron chi connectivity index (χ0n) is 18.5. The summed E-state index contributed by atoms with van der Waals surface area (Å²) in [6.07, 6.45) is 7.46. The van der Waals surface area contributed by atoms with Crippen molar-refractivity contribution in [3.8, 4) is 11.5 Å². The number of rotatable bonds is 5. The number of fused-ring (bicyclic) bond motifs is 2. The van der Waals surface area contributed by atoms with Crippen LogP contribution in [0.3, 0.4) is 0 Å². The first-order chi connectivity index (χ1) is 16.8. The summed E-state index contributed by atoms with van der Waals surface area (Å²) in [5, 5.41) is 5.65. The van der Waals surface area contributed by atoms with Crippen LogP contribution >= 0.6 is 15.9 Å². The molecule has 1 saturated carbocycles. The van der Waals surface area contributed by atoms with Crippen molar-refractivity contribution in [2.24, 2.45) is 0 Å².